The number of nitrogens with zero attached hydrogens (tertiary/aromatic N) is 3. The molecular formula is C21H27N3O3. The maximum Gasteiger partial charge on any atom is 0.259 e. The number of ether oxygens (including phenoxy) is 2. The fraction of sp³-hybridized carbons (Fsp3) is 0.429. The molecule has 6 heteroatoms. The molecule has 1 fully saturated rings. The minimum Gasteiger partial charge on any atom is -0.481 e. The van der Waals surface area contributed by atoms with Crippen LogP contribution < -0.4 is 9.47 Å². The van der Waals surface area contributed by atoms with Crippen LogP contribution in [0.25, 0.3) is 0 Å². The second-order valence-electron chi connectivity index (χ2n) is 6.86. The molecule has 1 atom stereocenters. The molecule has 0 aliphatic carbocycles. The van der Waals surface area contributed by atoms with Crippen molar-refractivity contribution >= 4 is 5.91 Å². The molecule has 0 radical (unpaired) electrons. The summed E-state index contributed by atoms with van der Waals surface area (Å²) in [6, 6.07) is 14.2. The molecule has 1 aromatic heterocycles. The molecule has 2 heterocycles. The van der Waals surface area contributed by atoms with E-state index >= 15 is 0 Å². The third kappa shape index (κ3) is 4.57. The van der Waals surface area contributed by atoms with Gasteiger partial charge < -0.3 is 14.4 Å². The van der Waals surface area contributed by atoms with Crippen molar-refractivity contribution in [3.05, 3.63) is 53.6 Å². The van der Waals surface area contributed by atoms with Gasteiger partial charge in [-0.05, 0) is 31.5 Å². The van der Waals surface area contributed by atoms with Gasteiger partial charge in [-0.25, -0.2) is 0 Å². The molecule has 0 spiro atoms. The van der Waals surface area contributed by atoms with Crippen LogP contribution in [-0.2, 0) is 6.54 Å². The van der Waals surface area contributed by atoms with E-state index in [0.717, 1.165) is 25.9 Å². The molecule has 0 unspecified atom stereocenters. The summed E-state index contributed by atoms with van der Waals surface area (Å²) in [6.45, 7) is 2.34. The third-order valence-corrected chi connectivity index (χ3v) is 5.05. The maximum absolute atomic E-state index is 13.1. The van der Waals surface area contributed by atoms with Crippen molar-refractivity contribution in [1.82, 2.24) is 14.8 Å². The molecule has 144 valence electrons. The number of pyridine rings is 1. The molecule has 1 aromatic carbocycles. The first kappa shape index (κ1) is 19.2. The number of carbonyl (C=O) groups is 1. The molecular weight excluding hydrogens is 342 g/mol. The zero-order valence-electron chi connectivity index (χ0n) is 16.2. The highest BCUT2D eigenvalue weighted by molar-refractivity contribution is 5.96. The lowest BCUT2D eigenvalue weighted by Gasteiger charge is -2.37. The van der Waals surface area contributed by atoms with Gasteiger partial charge in [-0.15, -0.1) is 0 Å². The average Bonchev–Trinajstić information content (AvgIpc) is 2.73. The van der Waals surface area contributed by atoms with E-state index in [0.29, 0.717) is 29.9 Å². The Morgan fingerprint density at radius 3 is 2.67 bits per heavy atom. The average molecular weight is 369 g/mol. The van der Waals surface area contributed by atoms with Gasteiger partial charge in [-0.3, -0.25) is 9.69 Å². The van der Waals surface area contributed by atoms with Gasteiger partial charge >= 0.3 is 0 Å². The first-order valence-electron chi connectivity index (χ1n) is 9.25. The van der Waals surface area contributed by atoms with E-state index in [1.165, 1.54) is 12.7 Å². The summed E-state index contributed by atoms with van der Waals surface area (Å²) in [5.41, 5.74) is 1.76. The lowest BCUT2D eigenvalue weighted by Crippen LogP contribution is -2.48. The Balaban J connectivity index is 1.69. The van der Waals surface area contributed by atoms with Crippen LogP contribution in [0.3, 0.4) is 0 Å². The monoisotopic (exact) mass is 369 g/mol. The van der Waals surface area contributed by atoms with Crippen LogP contribution >= 0.6 is 0 Å². The molecule has 1 amide bonds. The number of hydrogen-bond acceptors (Lipinski definition) is 5. The summed E-state index contributed by atoms with van der Waals surface area (Å²) in [4.78, 5) is 21.5. The van der Waals surface area contributed by atoms with Gasteiger partial charge in [0.25, 0.3) is 5.91 Å². The Hall–Kier alpha value is -2.60. The van der Waals surface area contributed by atoms with Crippen LogP contribution in [0.2, 0.25) is 0 Å². The van der Waals surface area contributed by atoms with Gasteiger partial charge in [0.2, 0.25) is 11.8 Å². The van der Waals surface area contributed by atoms with Crippen LogP contribution in [0, 0.1) is 0 Å². The second-order valence-corrected chi connectivity index (χ2v) is 6.86. The number of rotatable bonds is 6. The van der Waals surface area contributed by atoms with Crippen LogP contribution in [-0.4, -0.2) is 61.1 Å². The molecule has 1 aliphatic heterocycles. The minimum atomic E-state index is -0.0418. The van der Waals surface area contributed by atoms with E-state index in [4.69, 9.17) is 9.47 Å². The van der Waals surface area contributed by atoms with Crippen molar-refractivity contribution in [2.45, 2.75) is 25.4 Å². The van der Waals surface area contributed by atoms with E-state index in [-0.39, 0.29) is 5.91 Å². The number of aromatic nitrogens is 1. The van der Waals surface area contributed by atoms with Crippen molar-refractivity contribution in [3.63, 3.8) is 0 Å². The van der Waals surface area contributed by atoms with Crippen molar-refractivity contribution in [3.8, 4) is 11.8 Å². The summed E-state index contributed by atoms with van der Waals surface area (Å²) >= 11 is 0. The standard InChI is InChI=1S/C21H27N3O3/c1-23(14-16-8-5-4-6-9-16)17-10-7-13-24(15-17)21(25)18-11-12-19(26-2)22-20(18)27-3/h4-6,8-9,11-12,17H,7,10,13-15H2,1-3H3/t17-/m1/s1. The van der Waals surface area contributed by atoms with E-state index in [9.17, 15) is 4.79 Å². The highest BCUT2D eigenvalue weighted by Gasteiger charge is 2.28. The number of hydrogen-bond donors (Lipinski definition) is 0. The van der Waals surface area contributed by atoms with Crippen molar-refractivity contribution in [2.75, 3.05) is 34.4 Å². The predicted octanol–water partition coefficient (Wildman–Crippen LogP) is 2.84. The van der Waals surface area contributed by atoms with Gasteiger partial charge in [-0.2, -0.15) is 4.98 Å². The highest BCUT2D eigenvalue weighted by atomic mass is 16.5. The lowest BCUT2D eigenvalue weighted by atomic mass is 10.0. The third-order valence-electron chi connectivity index (χ3n) is 5.05. The number of likely N-dealkylation sites (tertiary alicyclic amines) is 1. The van der Waals surface area contributed by atoms with Gasteiger partial charge in [0.05, 0.1) is 14.2 Å². The Morgan fingerprint density at radius 1 is 1.19 bits per heavy atom. The quantitative estimate of drug-likeness (QED) is 0.784. The van der Waals surface area contributed by atoms with Gasteiger partial charge in [0, 0.05) is 31.7 Å². The van der Waals surface area contributed by atoms with Gasteiger partial charge in [-0.1, -0.05) is 30.3 Å². The summed E-state index contributed by atoms with van der Waals surface area (Å²) < 4.78 is 10.4. The number of amides is 1. The molecule has 27 heavy (non-hydrogen) atoms. The number of methoxy groups -OCH3 is 2. The summed E-state index contributed by atoms with van der Waals surface area (Å²) in [6.07, 6.45) is 2.08. The van der Waals surface area contributed by atoms with Crippen molar-refractivity contribution in [1.29, 1.82) is 0 Å². The van der Waals surface area contributed by atoms with Crippen molar-refractivity contribution < 1.29 is 14.3 Å². The summed E-state index contributed by atoms with van der Waals surface area (Å²) in [5.74, 6) is 0.696. The molecule has 0 N–H and O–H groups in total. The Morgan fingerprint density at radius 2 is 1.96 bits per heavy atom. The van der Waals surface area contributed by atoms with Crippen LogP contribution in [0.1, 0.15) is 28.8 Å². The van der Waals surface area contributed by atoms with E-state index < -0.39 is 0 Å². The lowest BCUT2D eigenvalue weighted by molar-refractivity contribution is 0.0598. The maximum atomic E-state index is 13.1. The molecule has 1 aliphatic rings. The van der Waals surface area contributed by atoms with Crippen LogP contribution in [0.15, 0.2) is 42.5 Å². The molecule has 1 saturated heterocycles. The smallest absolute Gasteiger partial charge is 0.259 e. The largest absolute Gasteiger partial charge is 0.481 e. The number of benzene rings is 1. The normalized spacial score (nSPS) is 17.0. The second kappa shape index (κ2) is 8.86. The first-order valence-corrected chi connectivity index (χ1v) is 9.25. The van der Waals surface area contributed by atoms with E-state index in [1.54, 1.807) is 19.2 Å². The van der Waals surface area contributed by atoms with E-state index in [2.05, 4.69) is 41.2 Å². The SMILES string of the molecule is COc1ccc(C(=O)N2CCC[C@@H](N(C)Cc3ccccc3)C2)c(OC)n1. The van der Waals surface area contributed by atoms with Crippen LogP contribution in [0.4, 0.5) is 0 Å². The fourth-order valence-electron chi connectivity index (χ4n) is 3.53. The van der Waals surface area contributed by atoms with Crippen molar-refractivity contribution in [2.24, 2.45) is 0 Å². The summed E-state index contributed by atoms with van der Waals surface area (Å²) in [7, 11) is 5.19. The highest BCUT2D eigenvalue weighted by Crippen LogP contribution is 2.24. The Bertz CT molecular complexity index is 767. The summed E-state index contributed by atoms with van der Waals surface area (Å²) in [5, 5.41) is 0. The fourth-order valence-corrected chi connectivity index (χ4v) is 3.53. The molecule has 6 nitrogen and oxygen atoms in total. The first-order chi connectivity index (χ1) is 13.1. The van der Waals surface area contributed by atoms with Crippen LogP contribution in [0.5, 0.6) is 11.8 Å². The zero-order chi connectivity index (χ0) is 19.2. The minimum absolute atomic E-state index is 0.0418. The van der Waals surface area contributed by atoms with Gasteiger partial charge in [0.15, 0.2) is 0 Å². The zero-order valence-corrected chi connectivity index (χ0v) is 16.2. The number of likely N-dealkylation sites (N-methyl/N-ethyl adjacent to an activating group) is 1. The molecule has 0 bridgehead atoms. The number of piperidine rings is 1. The number of carbonyl (C=O) groups excluding carboxylic acids is 1. The Labute approximate surface area is 160 Å². The topological polar surface area (TPSA) is 54.9 Å². The van der Waals surface area contributed by atoms with E-state index in [1.807, 2.05) is 11.0 Å². The molecule has 2 aromatic rings. The molecule has 3 rings (SSSR count). The van der Waals surface area contributed by atoms with Gasteiger partial charge in [0.1, 0.15) is 5.56 Å². The molecule has 0 saturated carbocycles. The predicted molar refractivity (Wildman–Crippen MR) is 104 cm³/mol. The Kier molecular flexibility index (Phi) is 6.29.